The van der Waals surface area contributed by atoms with Crippen LogP contribution in [-0.2, 0) is 16.1 Å². The molecule has 2 aromatic rings. The Morgan fingerprint density at radius 3 is 2.56 bits per heavy atom. The molecule has 0 radical (unpaired) electrons. The lowest BCUT2D eigenvalue weighted by Gasteiger charge is -2.32. The molecule has 0 bridgehead atoms. The van der Waals surface area contributed by atoms with Crippen LogP contribution in [0.4, 0.5) is 0 Å². The second-order valence-corrected chi connectivity index (χ2v) is 6.60. The molecule has 0 amide bonds. The maximum atomic E-state index is 11.9. The number of nitrogens with zero attached hydrogens (tertiary/aromatic N) is 1. The van der Waals surface area contributed by atoms with Crippen molar-refractivity contribution < 1.29 is 9.53 Å². The summed E-state index contributed by atoms with van der Waals surface area (Å²) in [5.74, 6) is 0.163. The number of esters is 1. The monoisotopic (exact) mass is 335 g/mol. The minimum Gasteiger partial charge on any atom is -0.462 e. The predicted octanol–water partition coefficient (Wildman–Crippen LogP) is 4.16. The van der Waals surface area contributed by atoms with Crippen LogP contribution in [0.2, 0.25) is 0 Å². The smallest absolute Gasteiger partial charge is 0.330 e. The van der Waals surface area contributed by atoms with Crippen LogP contribution in [0.3, 0.4) is 0 Å². The van der Waals surface area contributed by atoms with E-state index < -0.39 is 0 Å². The first-order valence-corrected chi connectivity index (χ1v) is 8.96. The molecule has 0 aromatic heterocycles. The average molecular weight is 335 g/mol. The molecule has 3 heteroatoms. The second-order valence-electron chi connectivity index (χ2n) is 6.60. The summed E-state index contributed by atoms with van der Waals surface area (Å²) in [6.07, 6.45) is 5.60. The molecule has 1 atom stereocenters. The summed E-state index contributed by atoms with van der Waals surface area (Å²) in [6.45, 7) is 3.58. The zero-order valence-electron chi connectivity index (χ0n) is 14.5. The summed E-state index contributed by atoms with van der Waals surface area (Å²) >= 11 is 0. The van der Waals surface area contributed by atoms with Crippen molar-refractivity contribution >= 4 is 12.0 Å². The predicted molar refractivity (Wildman–Crippen MR) is 101 cm³/mol. The highest BCUT2D eigenvalue weighted by Crippen LogP contribution is 2.19. The summed E-state index contributed by atoms with van der Waals surface area (Å²) in [6, 6.07) is 20.3. The van der Waals surface area contributed by atoms with E-state index in [1.807, 2.05) is 36.4 Å². The number of hydrogen-bond acceptors (Lipinski definition) is 3. The van der Waals surface area contributed by atoms with E-state index in [0.29, 0.717) is 12.5 Å². The van der Waals surface area contributed by atoms with Gasteiger partial charge in [-0.15, -0.1) is 0 Å². The molecule has 0 saturated carbocycles. The molecule has 0 N–H and O–H groups in total. The number of likely N-dealkylation sites (tertiary alicyclic amines) is 1. The second kappa shape index (κ2) is 9.19. The van der Waals surface area contributed by atoms with Crippen molar-refractivity contribution in [3.05, 3.63) is 77.9 Å². The first-order valence-electron chi connectivity index (χ1n) is 8.96. The normalized spacial score (nSPS) is 18.3. The molecule has 1 aliphatic rings. The van der Waals surface area contributed by atoms with Gasteiger partial charge >= 0.3 is 5.97 Å². The van der Waals surface area contributed by atoms with Crippen molar-refractivity contribution in [3.8, 4) is 0 Å². The molecule has 3 nitrogen and oxygen atoms in total. The van der Waals surface area contributed by atoms with Crippen LogP contribution in [0.15, 0.2) is 66.7 Å². The molecular weight excluding hydrogens is 310 g/mol. The molecular formula is C22H25NO2. The van der Waals surface area contributed by atoms with Crippen molar-refractivity contribution in [2.24, 2.45) is 5.92 Å². The lowest BCUT2D eigenvalue weighted by Crippen LogP contribution is -2.37. The topological polar surface area (TPSA) is 29.5 Å². The number of ether oxygens (including phenoxy) is 1. The molecule has 1 heterocycles. The minimum atomic E-state index is -0.260. The zero-order valence-corrected chi connectivity index (χ0v) is 14.5. The number of carbonyl (C=O) groups is 1. The minimum absolute atomic E-state index is 0.260. The van der Waals surface area contributed by atoms with Gasteiger partial charge in [-0.2, -0.15) is 0 Å². The molecule has 3 rings (SSSR count). The fourth-order valence-electron chi connectivity index (χ4n) is 3.25. The number of hydrogen-bond donors (Lipinski definition) is 0. The SMILES string of the molecule is O=C(C=Cc1ccccc1)OCC1CCCN(Cc2ccccc2)C1. The van der Waals surface area contributed by atoms with Crippen molar-refractivity contribution in [1.29, 1.82) is 0 Å². The van der Waals surface area contributed by atoms with Gasteiger partial charge in [0.1, 0.15) is 0 Å². The number of rotatable bonds is 6. The average Bonchev–Trinajstić information content (AvgIpc) is 2.67. The van der Waals surface area contributed by atoms with Crippen LogP contribution >= 0.6 is 0 Å². The fraction of sp³-hybridized carbons (Fsp3) is 0.318. The number of carbonyl (C=O) groups excluding carboxylic acids is 1. The van der Waals surface area contributed by atoms with Crippen LogP contribution in [0, 0.1) is 5.92 Å². The molecule has 0 spiro atoms. The van der Waals surface area contributed by atoms with Gasteiger partial charge in [-0.05, 0) is 36.6 Å². The summed E-state index contributed by atoms with van der Waals surface area (Å²) in [4.78, 5) is 14.4. The Morgan fingerprint density at radius 1 is 1.08 bits per heavy atom. The highest BCUT2D eigenvalue weighted by molar-refractivity contribution is 5.87. The van der Waals surface area contributed by atoms with E-state index in [4.69, 9.17) is 4.74 Å². The standard InChI is InChI=1S/C22H25NO2/c24-22(14-13-19-8-3-1-4-9-19)25-18-21-12-7-15-23(17-21)16-20-10-5-2-6-11-20/h1-6,8-11,13-14,21H,7,12,15-18H2. The number of piperidine rings is 1. The Labute approximate surface area is 149 Å². The van der Waals surface area contributed by atoms with Crippen LogP contribution in [0.25, 0.3) is 6.08 Å². The maximum Gasteiger partial charge on any atom is 0.330 e. The van der Waals surface area contributed by atoms with Crippen LogP contribution in [-0.4, -0.2) is 30.6 Å². The fourth-order valence-corrected chi connectivity index (χ4v) is 3.25. The zero-order chi connectivity index (χ0) is 17.3. The largest absolute Gasteiger partial charge is 0.462 e. The van der Waals surface area contributed by atoms with E-state index in [1.54, 1.807) is 6.08 Å². The molecule has 2 aromatic carbocycles. The molecule has 0 aliphatic carbocycles. The van der Waals surface area contributed by atoms with E-state index in [-0.39, 0.29) is 5.97 Å². The van der Waals surface area contributed by atoms with Gasteiger partial charge in [0.25, 0.3) is 0 Å². The summed E-state index contributed by atoms with van der Waals surface area (Å²) in [7, 11) is 0. The molecule has 130 valence electrons. The molecule has 1 saturated heterocycles. The summed E-state index contributed by atoms with van der Waals surface area (Å²) in [5.41, 5.74) is 2.34. The van der Waals surface area contributed by atoms with Crippen LogP contribution in [0.5, 0.6) is 0 Å². The van der Waals surface area contributed by atoms with E-state index in [9.17, 15) is 4.79 Å². The van der Waals surface area contributed by atoms with Crippen molar-refractivity contribution in [1.82, 2.24) is 4.90 Å². The van der Waals surface area contributed by atoms with Gasteiger partial charge in [-0.25, -0.2) is 4.79 Å². The Bertz CT molecular complexity index is 682. The third kappa shape index (κ3) is 5.87. The van der Waals surface area contributed by atoms with E-state index in [2.05, 4.69) is 29.2 Å². The molecule has 1 fully saturated rings. The Morgan fingerprint density at radius 2 is 1.80 bits per heavy atom. The first-order chi connectivity index (χ1) is 12.3. The van der Waals surface area contributed by atoms with Crippen LogP contribution < -0.4 is 0 Å². The lowest BCUT2D eigenvalue weighted by atomic mass is 9.98. The third-order valence-electron chi connectivity index (χ3n) is 4.52. The highest BCUT2D eigenvalue weighted by atomic mass is 16.5. The van der Waals surface area contributed by atoms with Gasteiger partial charge in [0, 0.05) is 25.1 Å². The quantitative estimate of drug-likeness (QED) is 0.586. The maximum absolute atomic E-state index is 11.9. The van der Waals surface area contributed by atoms with Crippen molar-refractivity contribution in [3.63, 3.8) is 0 Å². The van der Waals surface area contributed by atoms with Gasteiger partial charge in [0.15, 0.2) is 0 Å². The third-order valence-corrected chi connectivity index (χ3v) is 4.52. The van der Waals surface area contributed by atoms with Gasteiger partial charge in [-0.1, -0.05) is 60.7 Å². The Balaban J connectivity index is 1.43. The lowest BCUT2D eigenvalue weighted by molar-refractivity contribution is -0.139. The van der Waals surface area contributed by atoms with E-state index in [0.717, 1.165) is 38.0 Å². The molecule has 1 aliphatic heterocycles. The van der Waals surface area contributed by atoms with Gasteiger partial charge in [0.05, 0.1) is 6.61 Å². The highest BCUT2D eigenvalue weighted by Gasteiger charge is 2.21. The van der Waals surface area contributed by atoms with E-state index >= 15 is 0 Å². The van der Waals surface area contributed by atoms with Gasteiger partial charge in [0.2, 0.25) is 0 Å². The van der Waals surface area contributed by atoms with Crippen LogP contribution in [0.1, 0.15) is 24.0 Å². The molecule has 25 heavy (non-hydrogen) atoms. The summed E-state index contributed by atoms with van der Waals surface area (Å²) < 4.78 is 5.45. The Hall–Kier alpha value is -2.39. The van der Waals surface area contributed by atoms with Crippen molar-refractivity contribution in [2.75, 3.05) is 19.7 Å². The van der Waals surface area contributed by atoms with E-state index in [1.165, 1.54) is 11.6 Å². The number of benzene rings is 2. The summed E-state index contributed by atoms with van der Waals surface area (Å²) in [5, 5.41) is 0. The molecule has 1 unspecified atom stereocenters. The van der Waals surface area contributed by atoms with Crippen molar-refractivity contribution in [2.45, 2.75) is 19.4 Å². The Kier molecular flexibility index (Phi) is 6.41. The first kappa shape index (κ1) is 17.4. The van der Waals surface area contributed by atoms with Gasteiger partial charge < -0.3 is 4.74 Å². The van der Waals surface area contributed by atoms with Gasteiger partial charge in [-0.3, -0.25) is 4.90 Å².